The number of aliphatic hydroxyl groups excluding tert-OH is 1. The van der Waals surface area contributed by atoms with Crippen LogP contribution in [0.4, 0.5) is 0 Å². The van der Waals surface area contributed by atoms with Crippen LogP contribution in [0, 0.1) is 0 Å². The van der Waals surface area contributed by atoms with Gasteiger partial charge in [0.1, 0.15) is 6.10 Å². The van der Waals surface area contributed by atoms with Crippen LogP contribution in [0.25, 0.3) is 0 Å². The fourth-order valence-electron chi connectivity index (χ4n) is 1.14. The van der Waals surface area contributed by atoms with Crippen molar-refractivity contribution in [3.63, 3.8) is 0 Å². The van der Waals surface area contributed by atoms with E-state index in [0.717, 1.165) is 0 Å². The van der Waals surface area contributed by atoms with E-state index >= 15 is 0 Å². The largest absolute Gasteiger partial charge is 0.467 e. The number of hydrogen-bond acceptors (Lipinski definition) is 5. The van der Waals surface area contributed by atoms with E-state index in [0.29, 0.717) is 0 Å². The van der Waals surface area contributed by atoms with Gasteiger partial charge in [-0.3, -0.25) is 0 Å². The quantitative estimate of drug-likeness (QED) is 0.604. The number of carbonyl (C=O) groups is 1. The highest BCUT2D eigenvalue weighted by molar-refractivity contribution is 5.75. The average molecular weight is 190 g/mol. The molecule has 0 aromatic heterocycles. The molecule has 0 aromatic carbocycles. The SMILES string of the molecule is COC(=O)[C@@H](O)[C@H]1COC(C)(C)O1. The van der Waals surface area contributed by atoms with Crippen molar-refractivity contribution >= 4 is 5.97 Å². The summed E-state index contributed by atoms with van der Waals surface area (Å²) < 4.78 is 14.8. The number of methoxy groups -OCH3 is 1. The van der Waals surface area contributed by atoms with Crippen LogP contribution in [-0.2, 0) is 19.0 Å². The summed E-state index contributed by atoms with van der Waals surface area (Å²) in [5.74, 6) is -1.44. The first-order valence-electron chi connectivity index (χ1n) is 4.04. The first-order valence-corrected chi connectivity index (χ1v) is 4.04. The standard InChI is InChI=1S/C8H14O5/c1-8(2)12-4-5(13-8)6(9)7(10)11-3/h5-6,9H,4H2,1-3H3/t5-,6+/m1/s1. The molecule has 13 heavy (non-hydrogen) atoms. The van der Waals surface area contributed by atoms with E-state index in [9.17, 15) is 9.90 Å². The lowest BCUT2D eigenvalue weighted by atomic mass is 10.2. The Kier molecular flexibility index (Phi) is 2.90. The predicted molar refractivity (Wildman–Crippen MR) is 42.9 cm³/mol. The second-order valence-corrected chi connectivity index (χ2v) is 3.34. The van der Waals surface area contributed by atoms with Crippen LogP contribution < -0.4 is 0 Å². The summed E-state index contributed by atoms with van der Waals surface area (Å²) >= 11 is 0. The zero-order valence-electron chi connectivity index (χ0n) is 7.94. The Morgan fingerprint density at radius 2 is 2.31 bits per heavy atom. The maximum absolute atomic E-state index is 10.9. The fraction of sp³-hybridized carbons (Fsp3) is 0.875. The topological polar surface area (TPSA) is 65.0 Å². The van der Waals surface area contributed by atoms with Gasteiger partial charge in [-0.1, -0.05) is 0 Å². The molecule has 0 amide bonds. The van der Waals surface area contributed by atoms with Gasteiger partial charge in [0.05, 0.1) is 13.7 Å². The van der Waals surface area contributed by atoms with Crippen LogP contribution in [0.3, 0.4) is 0 Å². The highest BCUT2D eigenvalue weighted by Gasteiger charge is 2.39. The van der Waals surface area contributed by atoms with E-state index in [4.69, 9.17) is 9.47 Å². The molecule has 1 fully saturated rings. The maximum atomic E-state index is 10.9. The molecule has 0 radical (unpaired) electrons. The molecule has 1 rings (SSSR count). The second kappa shape index (κ2) is 3.61. The molecule has 0 unspecified atom stereocenters. The monoisotopic (exact) mass is 190 g/mol. The highest BCUT2D eigenvalue weighted by atomic mass is 16.7. The van der Waals surface area contributed by atoms with Crippen molar-refractivity contribution in [2.45, 2.75) is 31.8 Å². The van der Waals surface area contributed by atoms with Crippen LogP contribution in [0.2, 0.25) is 0 Å². The molecule has 1 N–H and O–H groups in total. The smallest absolute Gasteiger partial charge is 0.337 e. The van der Waals surface area contributed by atoms with Gasteiger partial charge in [0, 0.05) is 0 Å². The third kappa shape index (κ3) is 2.40. The molecule has 76 valence electrons. The Morgan fingerprint density at radius 1 is 1.69 bits per heavy atom. The average Bonchev–Trinajstić information content (AvgIpc) is 2.43. The van der Waals surface area contributed by atoms with Crippen LogP contribution in [-0.4, -0.2) is 42.8 Å². The predicted octanol–water partition coefficient (Wildman–Crippen LogP) is -0.328. The number of carbonyl (C=O) groups excluding carboxylic acids is 1. The van der Waals surface area contributed by atoms with Crippen molar-refractivity contribution in [3.05, 3.63) is 0 Å². The third-order valence-electron chi connectivity index (χ3n) is 1.83. The van der Waals surface area contributed by atoms with E-state index in [1.807, 2.05) is 0 Å². The van der Waals surface area contributed by atoms with Crippen molar-refractivity contribution in [3.8, 4) is 0 Å². The fourth-order valence-corrected chi connectivity index (χ4v) is 1.14. The minimum Gasteiger partial charge on any atom is -0.467 e. The summed E-state index contributed by atoms with van der Waals surface area (Å²) in [6.45, 7) is 3.64. The van der Waals surface area contributed by atoms with Gasteiger partial charge >= 0.3 is 5.97 Å². The Morgan fingerprint density at radius 3 is 2.69 bits per heavy atom. The van der Waals surface area contributed by atoms with Crippen molar-refractivity contribution < 1.29 is 24.1 Å². The van der Waals surface area contributed by atoms with E-state index in [1.165, 1.54) is 7.11 Å². The molecule has 0 bridgehead atoms. The van der Waals surface area contributed by atoms with E-state index in [2.05, 4.69) is 4.74 Å². The van der Waals surface area contributed by atoms with Gasteiger partial charge in [0.15, 0.2) is 11.9 Å². The molecular formula is C8H14O5. The molecule has 0 aromatic rings. The Balaban J connectivity index is 2.51. The molecule has 0 spiro atoms. The molecule has 0 saturated carbocycles. The zero-order valence-corrected chi connectivity index (χ0v) is 7.94. The Hall–Kier alpha value is -0.650. The molecule has 1 heterocycles. The normalized spacial score (nSPS) is 28.5. The number of esters is 1. The summed E-state index contributed by atoms with van der Waals surface area (Å²) in [5.41, 5.74) is 0. The van der Waals surface area contributed by atoms with Crippen LogP contribution >= 0.6 is 0 Å². The van der Waals surface area contributed by atoms with Crippen molar-refractivity contribution in [1.82, 2.24) is 0 Å². The first kappa shape index (κ1) is 10.4. The van der Waals surface area contributed by atoms with Crippen LogP contribution in [0.1, 0.15) is 13.8 Å². The lowest BCUT2D eigenvalue weighted by molar-refractivity contribution is -0.170. The molecule has 1 aliphatic rings. The highest BCUT2D eigenvalue weighted by Crippen LogP contribution is 2.24. The van der Waals surface area contributed by atoms with Gasteiger partial charge in [-0.15, -0.1) is 0 Å². The van der Waals surface area contributed by atoms with Gasteiger partial charge in [-0.05, 0) is 13.8 Å². The van der Waals surface area contributed by atoms with Crippen LogP contribution in [0.15, 0.2) is 0 Å². The lowest BCUT2D eigenvalue weighted by Crippen LogP contribution is -2.37. The molecule has 2 atom stereocenters. The maximum Gasteiger partial charge on any atom is 0.337 e. The summed E-state index contributed by atoms with van der Waals surface area (Å²) in [6.07, 6.45) is -1.91. The van der Waals surface area contributed by atoms with Gasteiger partial charge in [-0.2, -0.15) is 0 Å². The molecule has 5 nitrogen and oxygen atoms in total. The van der Waals surface area contributed by atoms with Crippen molar-refractivity contribution in [1.29, 1.82) is 0 Å². The number of hydrogen-bond donors (Lipinski definition) is 1. The summed E-state index contributed by atoms with van der Waals surface area (Å²) in [7, 11) is 1.21. The number of aliphatic hydroxyl groups is 1. The molecule has 0 aliphatic carbocycles. The summed E-state index contributed by atoms with van der Waals surface area (Å²) in [6, 6.07) is 0. The molecular weight excluding hydrogens is 176 g/mol. The first-order chi connectivity index (χ1) is 5.96. The van der Waals surface area contributed by atoms with Gasteiger partial charge < -0.3 is 19.3 Å². The summed E-state index contributed by atoms with van der Waals surface area (Å²) in [4.78, 5) is 10.9. The van der Waals surface area contributed by atoms with Gasteiger partial charge in [-0.25, -0.2) is 4.79 Å². The van der Waals surface area contributed by atoms with E-state index in [1.54, 1.807) is 13.8 Å². The van der Waals surface area contributed by atoms with Crippen molar-refractivity contribution in [2.75, 3.05) is 13.7 Å². The van der Waals surface area contributed by atoms with Crippen molar-refractivity contribution in [2.24, 2.45) is 0 Å². The van der Waals surface area contributed by atoms with Gasteiger partial charge in [0.25, 0.3) is 0 Å². The van der Waals surface area contributed by atoms with Gasteiger partial charge in [0.2, 0.25) is 0 Å². The Labute approximate surface area is 76.6 Å². The summed E-state index contributed by atoms with van der Waals surface area (Å²) in [5, 5.41) is 9.37. The molecule has 1 saturated heterocycles. The third-order valence-corrected chi connectivity index (χ3v) is 1.83. The zero-order chi connectivity index (χ0) is 10.1. The minimum atomic E-state index is -1.27. The Bertz CT molecular complexity index is 201. The second-order valence-electron chi connectivity index (χ2n) is 3.34. The minimum absolute atomic E-state index is 0.198. The number of ether oxygens (including phenoxy) is 3. The lowest BCUT2D eigenvalue weighted by Gasteiger charge is -2.18. The number of rotatable bonds is 2. The molecule has 5 heteroatoms. The van der Waals surface area contributed by atoms with E-state index in [-0.39, 0.29) is 6.61 Å². The molecule has 1 aliphatic heterocycles. The van der Waals surface area contributed by atoms with Crippen LogP contribution in [0.5, 0.6) is 0 Å². The van der Waals surface area contributed by atoms with E-state index < -0.39 is 24.0 Å².